The number of fused-ring (bicyclic) bond motifs is 3. The van der Waals surface area contributed by atoms with E-state index in [0.29, 0.717) is 12.1 Å². The van der Waals surface area contributed by atoms with Gasteiger partial charge in [-0.15, -0.1) is 0 Å². The molecule has 1 N–H and O–H groups in total. The van der Waals surface area contributed by atoms with Crippen LogP contribution in [-0.2, 0) is 0 Å². The summed E-state index contributed by atoms with van der Waals surface area (Å²) in [4.78, 5) is 20.7. The average molecular weight is 405 g/mol. The van der Waals surface area contributed by atoms with Crippen molar-refractivity contribution in [2.45, 2.75) is 19.8 Å². The molecule has 1 aliphatic rings. The molecule has 1 amide bonds. The third kappa shape index (κ3) is 3.66. The minimum absolute atomic E-state index is 0.00233. The van der Waals surface area contributed by atoms with Gasteiger partial charge in [-0.25, -0.2) is 4.98 Å². The summed E-state index contributed by atoms with van der Waals surface area (Å²) in [7, 11) is 0. The Labute approximate surface area is 174 Å². The van der Waals surface area contributed by atoms with Gasteiger partial charge in [0, 0.05) is 30.4 Å². The molecule has 29 heavy (non-hydrogen) atoms. The van der Waals surface area contributed by atoms with Crippen molar-refractivity contribution in [3.63, 3.8) is 0 Å². The standard InChI is InChI=1S/C23H24N4OS/c1-16-4-6-17(7-5-16)19-15-27-20-9-8-18(14-21(20)29-23(27)25-19)22(28)24-10-13-26-11-2-3-12-26/h4-9,14-15H,2-3,10-13H2,1H3,(H,24,28). The fraction of sp³-hybridized carbons (Fsp3) is 0.304. The number of rotatable bonds is 5. The number of thiazole rings is 1. The number of aryl methyl sites for hydroxylation is 1. The van der Waals surface area contributed by atoms with Crippen LogP contribution in [0.25, 0.3) is 26.4 Å². The van der Waals surface area contributed by atoms with Crippen LogP contribution in [-0.4, -0.2) is 46.4 Å². The predicted octanol–water partition coefficient (Wildman–Crippen LogP) is 4.35. The summed E-state index contributed by atoms with van der Waals surface area (Å²) in [6.07, 6.45) is 4.63. The van der Waals surface area contributed by atoms with Crippen LogP contribution in [0.2, 0.25) is 0 Å². The summed E-state index contributed by atoms with van der Waals surface area (Å²) < 4.78 is 3.19. The SMILES string of the molecule is Cc1ccc(-c2cn3c(n2)sc2cc(C(=O)NCCN4CCCC4)ccc23)cc1. The second-order valence-electron chi connectivity index (χ2n) is 7.73. The van der Waals surface area contributed by atoms with Crippen molar-refractivity contribution in [2.24, 2.45) is 0 Å². The van der Waals surface area contributed by atoms with Crippen molar-refractivity contribution in [2.75, 3.05) is 26.2 Å². The quantitative estimate of drug-likeness (QED) is 0.538. The summed E-state index contributed by atoms with van der Waals surface area (Å²) in [5.74, 6) is -0.00233. The number of benzene rings is 2. The van der Waals surface area contributed by atoms with Crippen LogP contribution in [0.3, 0.4) is 0 Å². The highest BCUT2D eigenvalue weighted by Gasteiger charge is 2.14. The highest BCUT2D eigenvalue weighted by Crippen LogP contribution is 2.30. The minimum Gasteiger partial charge on any atom is -0.351 e. The topological polar surface area (TPSA) is 49.6 Å². The molecular weight excluding hydrogens is 380 g/mol. The summed E-state index contributed by atoms with van der Waals surface area (Å²) in [5.41, 5.74) is 5.13. The van der Waals surface area contributed by atoms with E-state index in [4.69, 9.17) is 4.98 Å². The normalized spacial score (nSPS) is 14.8. The molecule has 5 rings (SSSR count). The van der Waals surface area contributed by atoms with Gasteiger partial charge >= 0.3 is 0 Å². The van der Waals surface area contributed by atoms with Crippen LogP contribution in [0.4, 0.5) is 0 Å². The first-order valence-electron chi connectivity index (χ1n) is 10.2. The van der Waals surface area contributed by atoms with Gasteiger partial charge in [-0.3, -0.25) is 9.20 Å². The lowest BCUT2D eigenvalue weighted by molar-refractivity contribution is 0.0950. The Hall–Kier alpha value is -2.70. The number of hydrogen-bond acceptors (Lipinski definition) is 4. The Bertz CT molecular complexity index is 1170. The molecule has 0 atom stereocenters. The van der Waals surface area contributed by atoms with E-state index >= 15 is 0 Å². The molecule has 0 radical (unpaired) electrons. The lowest BCUT2D eigenvalue weighted by Gasteiger charge is -2.14. The maximum Gasteiger partial charge on any atom is 0.251 e. The Kier molecular flexibility index (Phi) is 4.81. The first-order valence-corrected chi connectivity index (χ1v) is 11.0. The molecule has 148 valence electrons. The summed E-state index contributed by atoms with van der Waals surface area (Å²) >= 11 is 1.62. The fourth-order valence-electron chi connectivity index (χ4n) is 3.94. The molecule has 1 aliphatic heterocycles. The van der Waals surface area contributed by atoms with E-state index in [9.17, 15) is 4.79 Å². The van der Waals surface area contributed by atoms with E-state index in [2.05, 4.69) is 52.0 Å². The van der Waals surface area contributed by atoms with E-state index < -0.39 is 0 Å². The van der Waals surface area contributed by atoms with Crippen LogP contribution in [0.5, 0.6) is 0 Å². The van der Waals surface area contributed by atoms with E-state index in [1.807, 2.05) is 18.2 Å². The first-order chi connectivity index (χ1) is 14.2. The number of hydrogen-bond donors (Lipinski definition) is 1. The number of nitrogens with zero attached hydrogens (tertiary/aromatic N) is 3. The zero-order valence-corrected chi connectivity index (χ0v) is 17.3. The third-order valence-corrected chi connectivity index (χ3v) is 6.63. The van der Waals surface area contributed by atoms with E-state index in [1.54, 1.807) is 11.3 Å². The average Bonchev–Trinajstić information content (AvgIpc) is 3.44. The number of nitrogens with one attached hydrogen (secondary N) is 1. The number of amides is 1. The van der Waals surface area contributed by atoms with Crippen molar-refractivity contribution < 1.29 is 4.79 Å². The first kappa shape index (κ1) is 18.3. The van der Waals surface area contributed by atoms with Crippen molar-refractivity contribution in [1.29, 1.82) is 0 Å². The molecule has 1 saturated heterocycles. The fourth-order valence-corrected chi connectivity index (χ4v) is 4.99. The zero-order chi connectivity index (χ0) is 19.8. The van der Waals surface area contributed by atoms with Crippen LogP contribution in [0.1, 0.15) is 28.8 Å². The van der Waals surface area contributed by atoms with Crippen LogP contribution in [0.15, 0.2) is 48.7 Å². The predicted molar refractivity (Wildman–Crippen MR) is 119 cm³/mol. The van der Waals surface area contributed by atoms with Crippen molar-refractivity contribution >= 4 is 32.4 Å². The maximum absolute atomic E-state index is 12.5. The van der Waals surface area contributed by atoms with Gasteiger partial charge in [0.25, 0.3) is 5.91 Å². The van der Waals surface area contributed by atoms with E-state index in [1.165, 1.54) is 18.4 Å². The highest BCUT2D eigenvalue weighted by atomic mass is 32.1. The molecule has 5 nitrogen and oxygen atoms in total. The van der Waals surface area contributed by atoms with Crippen molar-refractivity contribution in [3.05, 3.63) is 59.8 Å². The molecule has 0 aliphatic carbocycles. The summed E-state index contributed by atoms with van der Waals surface area (Å²) in [6, 6.07) is 14.3. The molecule has 0 spiro atoms. The van der Waals surface area contributed by atoms with Gasteiger partial charge in [0.05, 0.1) is 15.9 Å². The third-order valence-electron chi connectivity index (χ3n) is 5.62. The highest BCUT2D eigenvalue weighted by molar-refractivity contribution is 7.23. The van der Waals surface area contributed by atoms with E-state index in [-0.39, 0.29) is 5.91 Å². The van der Waals surface area contributed by atoms with Gasteiger partial charge in [-0.1, -0.05) is 41.2 Å². The molecule has 6 heteroatoms. The van der Waals surface area contributed by atoms with Crippen molar-refractivity contribution in [1.82, 2.24) is 19.6 Å². The molecular formula is C23H24N4OS. The van der Waals surface area contributed by atoms with Gasteiger partial charge < -0.3 is 10.2 Å². The minimum atomic E-state index is -0.00233. The van der Waals surface area contributed by atoms with Gasteiger partial charge in [0.1, 0.15) is 0 Å². The molecule has 4 aromatic rings. The molecule has 1 fully saturated rings. The van der Waals surface area contributed by atoms with Crippen LogP contribution >= 0.6 is 11.3 Å². The summed E-state index contributed by atoms with van der Waals surface area (Å²) in [6.45, 7) is 6.03. The number of carbonyl (C=O) groups is 1. The van der Waals surface area contributed by atoms with Gasteiger partial charge in [0.2, 0.25) is 0 Å². The Morgan fingerprint density at radius 2 is 1.93 bits per heavy atom. The van der Waals surface area contributed by atoms with Gasteiger partial charge in [-0.2, -0.15) is 0 Å². The molecule has 2 aromatic carbocycles. The van der Waals surface area contributed by atoms with Crippen LogP contribution in [0, 0.1) is 6.92 Å². The Morgan fingerprint density at radius 1 is 1.14 bits per heavy atom. The monoisotopic (exact) mass is 404 g/mol. The number of likely N-dealkylation sites (tertiary alicyclic amines) is 1. The number of imidazole rings is 1. The molecule has 0 bridgehead atoms. The lowest BCUT2D eigenvalue weighted by Crippen LogP contribution is -2.33. The van der Waals surface area contributed by atoms with Crippen LogP contribution < -0.4 is 5.32 Å². The van der Waals surface area contributed by atoms with Gasteiger partial charge in [0.15, 0.2) is 4.96 Å². The van der Waals surface area contributed by atoms with E-state index in [0.717, 1.165) is 46.1 Å². The van der Waals surface area contributed by atoms with Crippen molar-refractivity contribution in [3.8, 4) is 11.3 Å². The summed E-state index contributed by atoms with van der Waals surface area (Å²) in [5, 5.41) is 3.05. The lowest BCUT2D eigenvalue weighted by atomic mass is 10.1. The maximum atomic E-state index is 12.5. The zero-order valence-electron chi connectivity index (χ0n) is 16.5. The number of aromatic nitrogens is 2. The largest absolute Gasteiger partial charge is 0.351 e. The van der Waals surface area contributed by atoms with Gasteiger partial charge in [-0.05, 0) is 51.1 Å². The molecule has 0 unspecified atom stereocenters. The molecule has 0 saturated carbocycles. The second kappa shape index (κ2) is 7.61. The second-order valence-corrected chi connectivity index (χ2v) is 8.74. The Morgan fingerprint density at radius 3 is 2.72 bits per heavy atom. The smallest absolute Gasteiger partial charge is 0.251 e. The molecule has 3 heterocycles. The number of carbonyl (C=O) groups excluding carboxylic acids is 1. The Balaban J connectivity index is 1.35. The molecule has 2 aromatic heterocycles.